The van der Waals surface area contributed by atoms with E-state index in [-0.39, 0.29) is 5.54 Å². The number of hydrogen-bond acceptors (Lipinski definition) is 2. The molecule has 106 valence electrons. The van der Waals surface area contributed by atoms with Crippen molar-refractivity contribution in [2.45, 2.75) is 38.8 Å². The quantitative estimate of drug-likeness (QED) is 0.894. The molecule has 0 bridgehead atoms. The van der Waals surface area contributed by atoms with Crippen LogP contribution in [-0.2, 0) is 6.54 Å². The Hall–Kier alpha value is -0.570. The van der Waals surface area contributed by atoms with E-state index >= 15 is 0 Å². The van der Waals surface area contributed by atoms with Crippen LogP contribution in [0.25, 0.3) is 0 Å². The molecule has 1 aromatic rings. The van der Waals surface area contributed by atoms with Gasteiger partial charge >= 0.3 is 0 Å². The lowest BCUT2D eigenvalue weighted by atomic mass is 9.63. The highest BCUT2D eigenvalue weighted by Gasteiger charge is 2.46. The number of likely N-dealkylation sites (N-methyl/N-ethyl adjacent to an activating group) is 1. The summed E-state index contributed by atoms with van der Waals surface area (Å²) in [6.07, 6.45) is 2.45. The van der Waals surface area contributed by atoms with Crippen molar-refractivity contribution in [3.63, 3.8) is 0 Å². The van der Waals surface area contributed by atoms with E-state index in [9.17, 15) is 0 Å². The van der Waals surface area contributed by atoms with Gasteiger partial charge in [-0.3, -0.25) is 4.90 Å². The van der Waals surface area contributed by atoms with E-state index in [1.807, 2.05) is 12.1 Å². The fourth-order valence-corrected chi connectivity index (χ4v) is 3.18. The van der Waals surface area contributed by atoms with Gasteiger partial charge in [0.2, 0.25) is 0 Å². The second kappa shape index (κ2) is 5.82. The summed E-state index contributed by atoms with van der Waals surface area (Å²) in [4.78, 5) is 2.43. The Morgan fingerprint density at radius 2 is 1.89 bits per heavy atom. The first-order valence-electron chi connectivity index (χ1n) is 7.12. The minimum absolute atomic E-state index is 0.203. The molecule has 0 saturated heterocycles. The van der Waals surface area contributed by atoms with Gasteiger partial charge in [-0.15, -0.1) is 0 Å². The molecule has 0 radical (unpaired) electrons. The normalized spacial score (nSPS) is 26.8. The van der Waals surface area contributed by atoms with Crippen LogP contribution in [-0.4, -0.2) is 24.0 Å². The second-order valence-corrected chi connectivity index (χ2v) is 6.76. The third-order valence-corrected chi connectivity index (χ3v) is 5.00. The second-order valence-electron chi connectivity index (χ2n) is 6.32. The van der Waals surface area contributed by atoms with Gasteiger partial charge in [0.25, 0.3) is 0 Å². The standard InChI is InChI=1S/C16H25ClN2/c1-12(2)14-8-16(9-14,11-18)19(3)10-13-4-6-15(17)7-5-13/h4-7,12,14H,8-11,18H2,1-3H3. The lowest BCUT2D eigenvalue weighted by Crippen LogP contribution is -2.60. The Bertz CT molecular complexity index is 407. The van der Waals surface area contributed by atoms with Gasteiger partial charge in [0.1, 0.15) is 0 Å². The number of nitrogens with two attached hydrogens (primary N) is 1. The van der Waals surface area contributed by atoms with E-state index in [0.717, 1.165) is 29.9 Å². The lowest BCUT2D eigenvalue weighted by Gasteiger charge is -2.54. The summed E-state index contributed by atoms with van der Waals surface area (Å²) in [5, 5.41) is 0.795. The first-order chi connectivity index (χ1) is 8.97. The summed E-state index contributed by atoms with van der Waals surface area (Å²) in [6, 6.07) is 8.11. The molecule has 1 fully saturated rings. The summed E-state index contributed by atoms with van der Waals surface area (Å²) >= 11 is 5.92. The van der Waals surface area contributed by atoms with Crippen LogP contribution in [0.4, 0.5) is 0 Å². The highest BCUT2D eigenvalue weighted by molar-refractivity contribution is 6.30. The van der Waals surface area contributed by atoms with Crippen molar-refractivity contribution < 1.29 is 0 Å². The number of halogens is 1. The number of hydrogen-bond donors (Lipinski definition) is 1. The Morgan fingerprint density at radius 3 is 2.37 bits per heavy atom. The molecule has 1 aliphatic rings. The maximum atomic E-state index is 6.05. The molecule has 0 aliphatic heterocycles. The van der Waals surface area contributed by atoms with Crippen LogP contribution in [0.3, 0.4) is 0 Å². The Kier molecular flexibility index (Phi) is 4.54. The van der Waals surface area contributed by atoms with Crippen molar-refractivity contribution in [1.29, 1.82) is 0 Å². The summed E-state index contributed by atoms with van der Waals surface area (Å²) in [7, 11) is 2.19. The average molecular weight is 281 g/mol. The van der Waals surface area contributed by atoms with Crippen LogP contribution in [0.5, 0.6) is 0 Å². The van der Waals surface area contributed by atoms with E-state index in [0.29, 0.717) is 0 Å². The molecule has 1 aromatic carbocycles. The molecule has 1 aliphatic carbocycles. The molecule has 2 rings (SSSR count). The van der Waals surface area contributed by atoms with E-state index in [1.54, 1.807) is 0 Å². The van der Waals surface area contributed by atoms with Gasteiger partial charge in [-0.05, 0) is 49.4 Å². The van der Waals surface area contributed by atoms with Gasteiger partial charge in [-0.25, -0.2) is 0 Å². The number of benzene rings is 1. The zero-order chi connectivity index (χ0) is 14.0. The van der Waals surface area contributed by atoms with Crippen LogP contribution in [0.1, 0.15) is 32.3 Å². The smallest absolute Gasteiger partial charge is 0.0406 e. The largest absolute Gasteiger partial charge is 0.329 e. The van der Waals surface area contributed by atoms with E-state index < -0.39 is 0 Å². The molecule has 0 atom stereocenters. The highest BCUT2D eigenvalue weighted by Crippen LogP contribution is 2.45. The van der Waals surface area contributed by atoms with Gasteiger partial charge in [-0.2, -0.15) is 0 Å². The topological polar surface area (TPSA) is 29.3 Å². The van der Waals surface area contributed by atoms with Crippen molar-refractivity contribution in [3.8, 4) is 0 Å². The number of rotatable bonds is 5. The zero-order valence-corrected chi connectivity index (χ0v) is 13.0. The van der Waals surface area contributed by atoms with E-state index in [2.05, 4.69) is 37.9 Å². The Balaban J connectivity index is 1.98. The molecule has 0 amide bonds. The average Bonchev–Trinajstić information content (AvgIpc) is 2.31. The fourth-order valence-electron chi connectivity index (χ4n) is 3.05. The monoisotopic (exact) mass is 280 g/mol. The Morgan fingerprint density at radius 1 is 1.32 bits per heavy atom. The maximum Gasteiger partial charge on any atom is 0.0406 e. The van der Waals surface area contributed by atoms with Crippen molar-refractivity contribution in [1.82, 2.24) is 4.90 Å². The van der Waals surface area contributed by atoms with Crippen LogP contribution in [0.2, 0.25) is 5.02 Å². The third-order valence-electron chi connectivity index (χ3n) is 4.75. The van der Waals surface area contributed by atoms with Crippen molar-refractivity contribution >= 4 is 11.6 Å². The molecule has 2 N–H and O–H groups in total. The van der Waals surface area contributed by atoms with Crippen molar-refractivity contribution in [3.05, 3.63) is 34.9 Å². The molecule has 0 heterocycles. The lowest BCUT2D eigenvalue weighted by molar-refractivity contribution is -0.0244. The molecule has 19 heavy (non-hydrogen) atoms. The molecule has 2 nitrogen and oxygen atoms in total. The summed E-state index contributed by atoms with van der Waals surface area (Å²) in [5.74, 6) is 1.60. The van der Waals surface area contributed by atoms with Crippen LogP contribution < -0.4 is 5.73 Å². The first kappa shape index (κ1) is 14.8. The van der Waals surface area contributed by atoms with Gasteiger partial charge in [0.15, 0.2) is 0 Å². The van der Waals surface area contributed by atoms with Gasteiger partial charge in [-0.1, -0.05) is 37.6 Å². The predicted molar refractivity (Wildman–Crippen MR) is 82.3 cm³/mol. The van der Waals surface area contributed by atoms with E-state index in [4.69, 9.17) is 17.3 Å². The third kappa shape index (κ3) is 3.13. The van der Waals surface area contributed by atoms with E-state index in [1.165, 1.54) is 18.4 Å². The van der Waals surface area contributed by atoms with Gasteiger partial charge in [0, 0.05) is 23.7 Å². The van der Waals surface area contributed by atoms with Gasteiger partial charge < -0.3 is 5.73 Å². The first-order valence-corrected chi connectivity index (χ1v) is 7.50. The van der Waals surface area contributed by atoms with Crippen molar-refractivity contribution in [2.75, 3.05) is 13.6 Å². The predicted octanol–water partition coefficient (Wildman–Crippen LogP) is 3.54. The Labute approximate surface area is 121 Å². The molecule has 0 aromatic heterocycles. The van der Waals surface area contributed by atoms with Crippen molar-refractivity contribution in [2.24, 2.45) is 17.6 Å². The summed E-state index contributed by atoms with van der Waals surface area (Å²) in [5.41, 5.74) is 7.55. The molecular weight excluding hydrogens is 256 g/mol. The molecule has 0 unspecified atom stereocenters. The SMILES string of the molecule is CC(C)C1CC(CN)(N(C)Cc2ccc(Cl)cc2)C1. The van der Waals surface area contributed by atoms with Crippen LogP contribution in [0, 0.1) is 11.8 Å². The molecule has 0 spiro atoms. The minimum atomic E-state index is 0.203. The van der Waals surface area contributed by atoms with Crippen LogP contribution >= 0.6 is 11.6 Å². The van der Waals surface area contributed by atoms with Crippen LogP contribution in [0.15, 0.2) is 24.3 Å². The fraction of sp³-hybridized carbons (Fsp3) is 0.625. The zero-order valence-electron chi connectivity index (χ0n) is 12.2. The molecular formula is C16H25ClN2. The summed E-state index contributed by atoms with van der Waals surface area (Å²) in [6.45, 7) is 6.31. The molecule has 3 heteroatoms. The maximum absolute atomic E-state index is 6.05. The minimum Gasteiger partial charge on any atom is -0.329 e. The van der Waals surface area contributed by atoms with Gasteiger partial charge in [0.05, 0.1) is 0 Å². The molecule has 1 saturated carbocycles. The highest BCUT2D eigenvalue weighted by atomic mass is 35.5. The number of nitrogens with zero attached hydrogens (tertiary/aromatic N) is 1. The summed E-state index contributed by atoms with van der Waals surface area (Å²) < 4.78 is 0.